The van der Waals surface area contributed by atoms with Crippen molar-refractivity contribution < 1.29 is 42.7 Å². The van der Waals surface area contributed by atoms with Gasteiger partial charge in [-0.3, -0.25) is 4.79 Å². The second kappa shape index (κ2) is 11.6. The molecule has 40 heavy (non-hydrogen) atoms. The second-order valence-corrected chi connectivity index (χ2v) is 9.50. The predicted octanol–water partition coefficient (Wildman–Crippen LogP) is 4.00. The summed E-state index contributed by atoms with van der Waals surface area (Å²) in [7, 11) is 9.72. The fourth-order valence-electron chi connectivity index (χ4n) is 4.21. The van der Waals surface area contributed by atoms with E-state index in [0.29, 0.717) is 33.9 Å². The number of esters is 1. The molecule has 0 saturated heterocycles. The van der Waals surface area contributed by atoms with Crippen molar-refractivity contribution in [3.05, 3.63) is 40.3 Å². The van der Waals surface area contributed by atoms with E-state index in [1.54, 1.807) is 39.0 Å². The quantitative estimate of drug-likeness (QED) is 0.375. The molecular weight excluding hydrogens is 524 g/mol. The van der Waals surface area contributed by atoms with E-state index in [2.05, 4.69) is 0 Å². The number of amides is 1. The molecular formula is C28H34N2O10. The van der Waals surface area contributed by atoms with Crippen molar-refractivity contribution in [2.24, 2.45) is 0 Å². The molecule has 0 fully saturated rings. The molecule has 1 heterocycles. The van der Waals surface area contributed by atoms with Gasteiger partial charge in [-0.25, -0.2) is 19.3 Å². The van der Waals surface area contributed by atoms with Crippen LogP contribution in [-0.4, -0.2) is 72.0 Å². The Morgan fingerprint density at radius 3 is 1.68 bits per heavy atom. The third-order valence-corrected chi connectivity index (χ3v) is 5.95. The molecule has 0 saturated carbocycles. The van der Waals surface area contributed by atoms with Crippen LogP contribution in [0, 0.1) is 0 Å². The molecule has 0 N–H and O–H groups in total. The maximum absolute atomic E-state index is 14.0. The minimum absolute atomic E-state index is 0.115. The third kappa shape index (κ3) is 5.42. The molecule has 12 heteroatoms. The highest BCUT2D eigenvalue weighted by Crippen LogP contribution is 2.44. The molecule has 0 aliphatic rings. The van der Waals surface area contributed by atoms with Crippen molar-refractivity contribution in [3.8, 4) is 39.9 Å². The van der Waals surface area contributed by atoms with E-state index in [4.69, 9.17) is 33.2 Å². The number of hydrogen-bond donors (Lipinski definition) is 0. The number of nitrogens with zero attached hydrogens (tertiary/aromatic N) is 2. The topological polar surface area (TPSA) is 124 Å². The van der Waals surface area contributed by atoms with Gasteiger partial charge >= 0.3 is 12.1 Å². The highest BCUT2D eigenvalue weighted by atomic mass is 16.6. The van der Waals surface area contributed by atoms with Crippen molar-refractivity contribution in [1.82, 2.24) is 4.68 Å². The van der Waals surface area contributed by atoms with Crippen molar-refractivity contribution in [3.63, 3.8) is 0 Å². The van der Waals surface area contributed by atoms with Gasteiger partial charge in [0, 0.05) is 18.0 Å². The van der Waals surface area contributed by atoms with E-state index >= 15 is 0 Å². The second-order valence-electron chi connectivity index (χ2n) is 9.50. The number of rotatable bonds is 8. The van der Waals surface area contributed by atoms with Gasteiger partial charge in [-0.1, -0.05) is 0 Å². The zero-order chi connectivity index (χ0) is 29.9. The van der Waals surface area contributed by atoms with E-state index in [0.717, 1.165) is 9.69 Å². The summed E-state index contributed by atoms with van der Waals surface area (Å²) in [5.41, 5.74) is -1.24. The Labute approximate surface area is 231 Å². The number of ether oxygens (including phenoxy) is 7. The van der Waals surface area contributed by atoms with Crippen LogP contribution in [0.2, 0.25) is 0 Å². The molecule has 0 atom stereocenters. The summed E-state index contributed by atoms with van der Waals surface area (Å²) in [6.45, 7) is 5.05. The Hall–Kier alpha value is -4.61. The Bertz CT molecular complexity index is 1480. The van der Waals surface area contributed by atoms with Crippen LogP contribution in [0.25, 0.3) is 21.9 Å². The normalized spacial score (nSPS) is 11.1. The lowest BCUT2D eigenvalue weighted by Crippen LogP contribution is -2.48. The van der Waals surface area contributed by atoms with Crippen molar-refractivity contribution in [2.75, 3.05) is 54.7 Å². The number of carbonyl (C=O) groups excluding carboxylic acids is 2. The average Bonchev–Trinajstić information content (AvgIpc) is 2.93. The van der Waals surface area contributed by atoms with Crippen LogP contribution >= 0.6 is 0 Å². The zero-order valence-corrected chi connectivity index (χ0v) is 24.3. The summed E-state index contributed by atoms with van der Waals surface area (Å²) in [5, 5.41) is 1.34. The van der Waals surface area contributed by atoms with Gasteiger partial charge in [0.05, 0.1) is 48.0 Å². The largest absolute Gasteiger partial charge is 0.493 e. The van der Waals surface area contributed by atoms with Gasteiger partial charge in [-0.05, 0) is 50.6 Å². The summed E-state index contributed by atoms with van der Waals surface area (Å²) in [6.07, 6.45) is -0.879. The third-order valence-electron chi connectivity index (χ3n) is 5.95. The summed E-state index contributed by atoms with van der Waals surface area (Å²) in [4.78, 5) is 40.6. The molecule has 12 nitrogen and oxygen atoms in total. The first-order valence-corrected chi connectivity index (χ1v) is 12.1. The molecule has 3 rings (SSSR count). The van der Waals surface area contributed by atoms with Crippen LogP contribution in [0.15, 0.2) is 29.1 Å². The van der Waals surface area contributed by atoms with E-state index in [1.165, 1.54) is 55.8 Å². The van der Waals surface area contributed by atoms with E-state index < -0.39 is 23.2 Å². The molecule has 0 aliphatic carbocycles. The van der Waals surface area contributed by atoms with Crippen LogP contribution in [-0.2, 0) is 9.47 Å². The van der Waals surface area contributed by atoms with Gasteiger partial charge in [0.25, 0.3) is 5.56 Å². The Morgan fingerprint density at radius 1 is 0.750 bits per heavy atom. The lowest BCUT2D eigenvalue weighted by Gasteiger charge is -2.28. The van der Waals surface area contributed by atoms with Crippen LogP contribution in [0.1, 0.15) is 31.3 Å². The molecule has 1 amide bonds. The van der Waals surface area contributed by atoms with Gasteiger partial charge in [0.2, 0.25) is 5.75 Å². The predicted molar refractivity (Wildman–Crippen MR) is 148 cm³/mol. The number of pyridine rings is 1. The fourth-order valence-corrected chi connectivity index (χ4v) is 4.21. The van der Waals surface area contributed by atoms with Crippen LogP contribution in [0.4, 0.5) is 4.79 Å². The lowest BCUT2D eigenvalue weighted by molar-refractivity contribution is 0.0534. The molecule has 0 unspecified atom stereocenters. The first-order chi connectivity index (χ1) is 18.9. The van der Waals surface area contributed by atoms with Gasteiger partial charge in [-0.15, -0.1) is 0 Å². The van der Waals surface area contributed by atoms with Gasteiger partial charge in [0.15, 0.2) is 28.7 Å². The SMILES string of the molecule is COC(=O)c1c(-c2cc(OC)c(OC)c(OC)c2)c2cc(OC)c(OC)cc2c(=O)n1N(C)C(=O)OC(C)(C)C. The Morgan fingerprint density at radius 2 is 1.25 bits per heavy atom. The maximum atomic E-state index is 14.0. The van der Waals surface area contributed by atoms with Crippen LogP contribution in [0.3, 0.4) is 0 Å². The zero-order valence-electron chi connectivity index (χ0n) is 24.3. The van der Waals surface area contributed by atoms with Crippen molar-refractivity contribution >= 4 is 22.8 Å². The monoisotopic (exact) mass is 558 g/mol. The number of carbonyl (C=O) groups is 2. The van der Waals surface area contributed by atoms with E-state index in [-0.39, 0.29) is 22.4 Å². The minimum Gasteiger partial charge on any atom is -0.493 e. The molecule has 0 bridgehead atoms. The summed E-state index contributed by atoms with van der Waals surface area (Å²) in [5.74, 6) is 0.570. The van der Waals surface area contributed by atoms with Gasteiger partial charge in [-0.2, -0.15) is 0 Å². The molecule has 0 spiro atoms. The smallest absolute Gasteiger partial charge is 0.429 e. The first-order valence-electron chi connectivity index (χ1n) is 12.1. The molecule has 216 valence electrons. The summed E-state index contributed by atoms with van der Waals surface area (Å²) in [6, 6.07) is 6.26. The first kappa shape index (κ1) is 29.9. The number of benzene rings is 2. The van der Waals surface area contributed by atoms with Gasteiger partial charge < -0.3 is 33.2 Å². The maximum Gasteiger partial charge on any atom is 0.429 e. The summed E-state index contributed by atoms with van der Waals surface area (Å²) >= 11 is 0. The lowest BCUT2D eigenvalue weighted by atomic mass is 9.95. The van der Waals surface area contributed by atoms with E-state index in [9.17, 15) is 14.4 Å². The highest BCUT2D eigenvalue weighted by molar-refractivity contribution is 6.08. The molecule has 2 aromatic carbocycles. The van der Waals surface area contributed by atoms with E-state index in [1.807, 2.05) is 0 Å². The minimum atomic E-state index is -0.895. The molecule has 1 aromatic heterocycles. The average molecular weight is 559 g/mol. The van der Waals surface area contributed by atoms with Crippen molar-refractivity contribution in [1.29, 1.82) is 0 Å². The number of hydrogen-bond acceptors (Lipinski definition) is 10. The summed E-state index contributed by atoms with van der Waals surface area (Å²) < 4.78 is 39.0. The number of aromatic nitrogens is 1. The molecule has 0 aliphatic heterocycles. The van der Waals surface area contributed by atoms with Crippen molar-refractivity contribution in [2.45, 2.75) is 26.4 Å². The molecule has 0 radical (unpaired) electrons. The number of fused-ring (bicyclic) bond motifs is 1. The van der Waals surface area contributed by atoms with Crippen LogP contribution in [0.5, 0.6) is 28.7 Å². The number of methoxy groups -OCH3 is 6. The standard InChI is InChI=1S/C28H34N2O10/c1-28(2,3)40-27(33)29(4)30-23(26(32)39-10)22(15-11-20(36-7)24(38-9)21(12-15)37-8)16-13-18(34-5)19(35-6)14-17(16)25(30)31/h11-14H,1-10H3. The van der Waals surface area contributed by atoms with Crippen LogP contribution < -0.4 is 34.3 Å². The fraction of sp³-hybridized carbons (Fsp3) is 0.393. The Kier molecular flexibility index (Phi) is 8.71. The highest BCUT2D eigenvalue weighted by Gasteiger charge is 2.32. The molecule has 3 aromatic rings. The Balaban J connectivity index is 2.63. The van der Waals surface area contributed by atoms with Gasteiger partial charge in [0.1, 0.15) is 5.60 Å².